The van der Waals surface area contributed by atoms with Crippen LogP contribution in [0.4, 0.5) is 10.1 Å². The molecule has 3 nitrogen and oxygen atoms in total. The Labute approximate surface area is 185 Å². The van der Waals surface area contributed by atoms with Crippen LogP contribution in [0.25, 0.3) is 0 Å². The van der Waals surface area contributed by atoms with E-state index in [2.05, 4.69) is 30.0 Å². The maximum absolute atomic E-state index is 12.3. The van der Waals surface area contributed by atoms with Gasteiger partial charge in [-0.25, -0.2) is 4.39 Å². The molecule has 0 aliphatic rings. The first-order valence-electron chi connectivity index (χ1n) is 10.3. The van der Waals surface area contributed by atoms with Gasteiger partial charge in [-0.1, -0.05) is 56.5 Å². The first kappa shape index (κ1) is 25.7. The maximum atomic E-state index is 12.3. The highest BCUT2D eigenvalue weighted by Gasteiger charge is 2.07. The summed E-state index contributed by atoms with van der Waals surface area (Å²) < 4.78 is 17.0. The van der Waals surface area contributed by atoms with Crippen LogP contribution in [0.2, 0.25) is 5.02 Å². The number of allylic oxidation sites excluding steroid dienone is 2. The number of hydrogen-bond donors (Lipinski definition) is 1. The lowest BCUT2D eigenvalue weighted by Crippen LogP contribution is -2.05. The second-order valence-electron chi connectivity index (χ2n) is 7.19. The number of halogens is 2. The summed E-state index contributed by atoms with van der Waals surface area (Å²) >= 11 is 6.29. The van der Waals surface area contributed by atoms with Crippen LogP contribution in [-0.2, 0) is 16.0 Å². The van der Waals surface area contributed by atoms with E-state index < -0.39 is 0 Å². The van der Waals surface area contributed by atoms with Crippen LogP contribution in [0.1, 0.15) is 56.2 Å². The number of anilines is 1. The van der Waals surface area contributed by atoms with Crippen molar-refractivity contribution >= 4 is 23.3 Å². The number of esters is 1. The van der Waals surface area contributed by atoms with Crippen molar-refractivity contribution in [3.63, 3.8) is 0 Å². The van der Waals surface area contributed by atoms with E-state index in [-0.39, 0.29) is 18.2 Å². The molecule has 2 rings (SSSR count). The zero-order valence-corrected chi connectivity index (χ0v) is 19.4. The summed E-state index contributed by atoms with van der Waals surface area (Å²) in [5, 5.41) is 4.01. The molecule has 0 radical (unpaired) electrons. The Bertz CT molecular complexity index is 849. The number of hydrogen-bond acceptors (Lipinski definition) is 3. The van der Waals surface area contributed by atoms with Gasteiger partial charge >= 0.3 is 5.97 Å². The predicted molar refractivity (Wildman–Crippen MR) is 125 cm³/mol. The van der Waals surface area contributed by atoms with Crippen LogP contribution in [0.3, 0.4) is 0 Å². The van der Waals surface area contributed by atoms with Crippen molar-refractivity contribution < 1.29 is 13.9 Å². The first-order valence-corrected chi connectivity index (χ1v) is 10.7. The Morgan fingerprint density at radius 2 is 1.83 bits per heavy atom. The van der Waals surface area contributed by atoms with Gasteiger partial charge in [-0.05, 0) is 67.6 Å². The third-order valence-electron chi connectivity index (χ3n) is 4.57. The highest BCUT2D eigenvalue weighted by molar-refractivity contribution is 6.33. The van der Waals surface area contributed by atoms with Gasteiger partial charge in [-0.2, -0.15) is 0 Å². The number of ether oxygens (including phenoxy) is 1. The second-order valence-corrected chi connectivity index (χ2v) is 7.60. The van der Waals surface area contributed by atoms with Crippen molar-refractivity contribution in [2.75, 3.05) is 12.4 Å². The standard InChI is InChI=1S/C17H24ClNO2.C8H9F/c1-4-6-8-14(7-5-2)19-16-10-9-13(11-15(16)18)12-17(20)21-3;1-6-3-4-8(9)5-7(6)2/h8-11,19H,4-7,12H2,1-3H3;3-5H,1-2H3/b14-8-;. The fourth-order valence-corrected chi connectivity index (χ4v) is 2.94. The number of benzene rings is 2. The van der Waals surface area contributed by atoms with E-state index in [0.29, 0.717) is 5.02 Å². The smallest absolute Gasteiger partial charge is 0.309 e. The second kappa shape index (κ2) is 13.8. The van der Waals surface area contributed by atoms with E-state index in [0.717, 1.165) is 48.1 Å². The molecule has 1 N–H and O–H groups in total. The lowest BCUT2D eigenvalue weighted by Gasteiger charge is -2.13. The molecule has 0 saturated carbocycles. The fourth-order valence-electron chi connectivity index (χ4n) is 2.69. The van der Waals surface area contributed by atoms with E-state index >= 15 is 0 Å². The fraction of sp³-hybridized carbons (Fsp3) is 0.400. The van der Waals surface area contributed by atoms with Gasteiger partial charge in [0.15, 0.2) is 0 Å². The van der Waals surface area contributed by atoms with Gasteiger partial charge in [0.25, 0.3) is 0 Å². The topological polar surface area (TPSA) is 38.3 Å². The molecule has 0 amide bonds. The van der Waals surface area contributed by atoms with Crippen LogP contribution in [0.15, 0.2) is 48.2 Å². The molecule has 0 aliphatic carbocycles. The Morgan fingerprint density at radius 1 is 1.10 bits per heavy atom. The quantitative estimate of drug-likeness (QED) is 0.441. The van der Waals surface area contributed by atoms with Crippen molar-refractivity contribution in [2.45, 2.75) is 59.8 Å². The van der Waals surface area contributed by atoms with Crippen LogP contribution >= 0.6 is 11.6 Å². The molecule has 0 aromatic heterocycles. The van der Waals surface area contributed by atoms with Crippen molar-refractivity contribution in [1.82, 2.24) is 0 Å². The maximum Gasteiger partial charge on any atom is 0.309 e. The molecule has 0 saturated heterocycles. The van der Waals surface area contributed by atoms with Gasteiger partial charge < -0.3 is 10.1 Å². The molecule has 0 aliphatic heterocycles. The zero-order chi connectivity index (χ0) is 22.5. The van der Waals surface area contributed by atoms with Crippen LogP contribution in [0, 0.1) is 19.7 Å². The van der Waals surface area contributed by atoms with Crippen LogP contribution in [-0.4, -0.2) is 13.1 Å². The number of unbranched alkanes of at least 4 members (excludes halogenated alkanes) is 1. The molecule has 0 spiro atoms. The third kappa shape index (κ3) is 9.45. The molecule has 2 aromatic rings. The molecule has 164 valence electrons. The average molecular weight is 434 g/mol. The van der Waals surface area contributed by atoms with Crippen LogP contribution in [0.5, 0.6) is 0 Å². The van der Waals surface area contributed by atoms with E-state index in [4.69, 9.17) is 11.6 Å². The first-order chi connectivity index (χ1) is 14.3. The van der Waals surface area contributed by atoms with Gasteiger partial charge in [-0.15, -0.1) is 0 Å². The number of carbonyl (C=O) groups is 1. The number of rotatable bonds is 8. The zero-order valence-electron chi connectivity index (χ0n) is 18.6. The molecule has 0 heterocycles. The summed E-state index contributed by atoms with van der Waals surface area (Å²) in [4.78, 5) is 11.3. The highest BCUT2D eigenvalue weighted by Crippen LogP contribution is 2.26. The Balaban J connectivity index is 0.000000414. The van der Waals surface area contributed by atoms with Crippen molar-refractivity contribution in [3.05, 3.63) is 75.7 Å². The van der Waals surface area contributed by atoms with Gasteiger partial charge in [0.1, 0.15) is 5.82 Å². The molecule has 0 unspecified atom stereocenters. The minimum Gasteiger partial charge on any atom is -0.469 e. The number of carbonyl (C=O) groups excluding carboxylic acids is 1. The summed E-state index contributed by atoms with van der Waals surface area (Å²) in [6.07, 6.45) is 6.73. The lowest BCUT2D eigenvalue weighted by molar-refractivity contribution is -0.139. The van der Waals surface area contributed by atoms with Gasteiger partial charge in [-0.3, -0.25) is 4.79 Å². The molecule has 0 atom stereocenters. The highest BCUT2D eigenvalue weighted by atomic mass is 35.5. The minimum absolute atomic E-state index is 0.155. The number of nitrogens with one attached hydrogen (secondary N) is 1. The van der Waals surface area contributed by atoms with Gasteiger partial charge in [0.05, 0.1) is 24.2 Å². The summed E-state index contributed by atoms with van der Waals surface area (Å²) in [6, 6.07) is 10.4. The SMILES string of the molecule is CCC/C=C(/CCC)Nc1ccc(CC(=O)OC)cc1Cl.Cc1ccc(F)cc1C. The monoisotopic (exact) mass is 433 g/mol. The summed E-state index contributed by atoms with van der Waals surface area (Å²) in [6.45, 7) is 8.18. The van der Waals surface area contributed by atoms with E-state index in [1.54, 1.807) is 6.07 Å². The van der Waals surface area contributed by atoms with Crippen LogP contribution < -0.4 is 5.32 Å². The Kier molecular flexibility index (Phi) is 11.8. The number of aryl methyl sites for hydroxylation is 2. The van der Waals surface area contributed by atoms with Gasteiger partial charge in [0, 0.05) is 5.70 Å². The van der Waals surface area contributed by atoms with E-state index in [1.165, 1.54) is 24.9 Å². The third-order valence-corrected chi connectivity index (χ3v) is 4.89. The average Bonchev–Trinajstić information content (AvgIpc) is 2.71. The molecular weight excluding hydrogens is 401 g/mol. The largest absolute Gasteiger partial charge is 0.469 e. The van der Waals surface area contributed by atoms with E-state index in [1.807, 2.05) is 32.0 Å². The summed E-state index contributed by atoms with van der Waals surface area (Å²) in [5.74, 6) is -0.417. The summed E-state index contributed by atoms with van der Waals surface area (Å²) in [5.41, 5.74) is 5.07. The minimum atomic E-state index is -0.263. The van der Waals surface area contributed by atoms with Crippen molar-refractivity contribution in [3.8, 4) is 0 Å². The lowest BCUT2D eigenvalue weighted by atomic mass is 10.1. The van der Waals surface area contributed by atoms with Gasteiger partial charge in [0.2, 0.25) is 0 Å². The molecule has 0 fully saturated rings. The van der Waals surface area contributed by atoms with E-state index in [9.17, 15) is 9.18 Å². The normalized spacial score (nSPS) is 10.8. The Hall–Kier alpha value is -2.33. The number of methoxy groups -OCH3 is 1. The molecule has 5 heteroatoms. The van der Waals surface area contributed by atoms with Crippen molar-refractivity contribution in [2.24, 2.45) is 0 Å². The molecule has 30 heavy (non-hydrogen) atoms. The molecule has 2 aromatic carbocycles. The Morgan fingerprint density at radius 3 is 2.37 bits per heavy atom. The molecule has 0 bridgehead atoms. The van der Waals surface area contributed by atoms with Crippen molar-refractivity contribution in [1.29, 1.82) is 0 Å². The molecular formula is C25H33ClFNO2. The predicted octanol–water partition coefficient (Wildman–Crippen LogP) is 7.39. The summed E-state index contributed by atoms with van der Waals surface area (Å²) in [7, 11) is 1.38.